The second kappa shape index (κ2) is 10.7. The Labute approximate surface area is 217 Å². The van der Waals surface area contributed by atoms with Gasteiger partial charge in [0.25, 0.3) is 5.91 Å². The molecular formula is C29H34FN3O4. The molecule has 4 rings (SSSR count). The van der Waals surface area contributed by atoms with Crippen LogP contribution in [0.2, 0.25) is 0 Å². The van der Waals surface area contributed by atoms with Gasteiger partial charge in [0.05, 0.1) is 6.04 Å². The Hall–Kier alpha value is -3.68. The number of rotatable bonds is 7. The lowest BCUT2D eigenvalue weighted by Gasteiger charge is -2.41. The first kappa shape index (κ1) is 26.4. The zero-order valence-corrected chi connectivity index (χ0v) is 22.0. The maximum absolute atomic E-state index is 14.2. The SMILES string of the molecule is CC(C)CNC(=O)c1coc(COc2ccc3c(c2)[C@H](c2cccc(F)c2)N(C(=O)C(C)(C)C)CC3)n1. The molecule has 7 nitrogen and oxygen atoms in total. The number of ether oxygens (including phenoxy) is 1. The van der Waals surface area contributed by atoms with Crippen LogP contribution in [0.4, 0.5) is 4.39 Å². The number of carbonyl (C=O) groups excluding carboxylic acids is 2. The fraction of sp³-hybridized carbons (Fsp3) is 0.414. The van der Waals surface area contributed by atoms with Crippen LogP contribution in [0.1, 0.15) is 73.7 Å². The molecule has 0 bridgehead atoms. The van der Waals surface area contributed by atoms with Crippen molar-refractivity contribution in [1.82, 2.24) is 15.2 Å². The van der Waals surface area contributed by atoms with Crippen molar-refractivity contribution < 1.29 is 23.1 Å². The lowest BCUT2D eigenvalue weighted by atomic mass is 9.85. The summed E-state index contributed by atoms with van der Waals surface area (Å²) in [6.45, 7) is 10.8. The zero-order valence-electron chi connectivity index (χ0n) is 22.0. The molecule has 37 heavy (non-hydrogen) atoms. The number of amides is 2. The topological polar surface area (TPSA) is 84.7 Å². The van der Waals surface area contributed by atoms with Crippen LogP contribution < -0.4 is 10.1 Å². The number of halogens is 1. The maximum Gasteiger partial charge on any atom is 0.273 e. The van der Waals surface area contributed by atoms with E-state index in [9.17, 15) is 14.0 Å². The van der Waals surface area contributed by atoms with Crippen molar-refractivity contribution in [2.24, 2.45) is 11.3 Å². The summed E-state index contributed by atoms with van der Waals surface area (Å²) >= 11 is 0. The van der Waals surface area contributed by atoms with Gasteiger partial charge in [-0.05, 0) is 53.3 Å². The molecule has 0 aliphatic carbocycles. The van der Waals surface area contributed by atoms with Crippen molar-refractivity contribution >= 4 is 11.8 Å². The minimum Gasteiger partial charge on any atom is -0.484 e. The van der Waals surface area contributed by atoms with Gasteiger partial charge in [0, 0.05) is 18.5 Å². The van der Waals surface area contributed by atoms with E-state index in [-0.39, 0.29) is 35.8 Å². The van der Waals surface area contributed by atoms with Crippen LogP contribution in [0.3, 0.4) is 0 Å². The lowest BCUT2D eigenvalue weighted by Crippen LogP contribution is -2.45. The zero-order chi connectivity index (χ0) is 26.7. The lowest BCUT2D eigenvalue weighted by molar-refractivity contribution is -0.141. The molecule has 0 saturated carbocycles. The van der Waals surface area contributed by atoms with E-state index in [1.807, 2.05) is 63.8 Å². The highest BCUT2D eigenvalue weighted by atomic mass is 19.1. The molecule has 0 radical (unpaired) electrons. The van der Waals surface area contributed by atoms with Crippen LogP contribution in [0.25, 0.3) is 0 Å². The third-order valence-corrected chi connectivity index (χ3v) is 6.23. The summed E-state index contributed by atoms with van der Waals surface area (Å²) in [5, 5.41) is 2.81. The molecule has 1 aromatic heterocycles. The average molecular weight is 508 g/mol. The van der Waals surface area contributed by atoms with E-state index in [1.165, 1.54) is 18.4 Å². The number of nitrogens with one attached hydrogen (secondary N) is 1. The van der Waals surface area contributed by atoms with Crippen molar-refractivity contribution in [2.75, 3.05) is 13.1 Å². The molecule has 1 atom stereocenters. The van der Waals surface area contributed by atoms with Crippen LogP contribution in [0, 0.1) is 17.2 Å². The van der Waals surface area contributed by atoms with Crippen LogP contribution >= 0.6 is 0 Å². The Morgan fingerprint density at radius 1 is 1.22 bits per heavy atom. The van der Waals surface area contributed by atoms with Crippen molar-refractivity contribution in [3.63, 3.8) is 0 Å². The van der Waals surface area contributed by atoms with Gasteiger partial charge in [-0.3, -0.25) is 9.59 Å². The molecule has 0 saturated heterocycles. The summed E-state index contributed by atoms with van der Waals surface area (Å²) in [7, 11) is 0. The standard InChI is InChI=1S/C29H34FN3O4/c1-18(2)15-31-27(34)24-16-37-25(32-24)17-36-22-10-9-19-11-12-33(28(35)29(3,4)5)26(23(19)14-22)20-7-6-8-21(30)13-20/h6-10,13-14,16,18,26H,11-12,15,17H2,1-5H3,(H,31,34)/t26-/m0/s1. The number of benzene rings is 2. The Morgan fingerprint density at radius 3 is 2.70 bits per heavy atom. The van der Waals surface area contributed by atoms with Crippen molar-refractivity contribution in [3.05, 3.63) is 82.8 Å². The largest absolute Gasteiger partial charge is 0.484 e. The highest BCUT2D eigenvalue weighted by molar-refractivity contribution is 5.91. The third-order valence-electron chi connectivity index (χ3n) is 6.23. The van der Waals surface area contributed by atoms with Gasteiger partial charge in [0.1, 0.15) is 17.8 Å². The molecule has 2 amide bonds. The van der Waals surface area contributed by atoms with Gasteiger partial charge in [-0.1, -0.05) is 52.8 Å². The monoisotopic (exact) mass is 507 g/mol. The van der Waals surface area contributed by atoms with Crippen molar-refractivity contribution in [3.8, 4) is 5.75 Å². The van der Waals surface area contributed by atoms with E-state index in [4.69, 9.17) is 9.15 Å². The number of nitrogens with zero attached hydrogens (tertiary/aromatic N) is 2. The summed E-state index contributed by atoms with van der Waals surface area (Å²) in [4.78, 5) is 31.7. The molecule has 0 fully saturated rings. The molecule has 0 unspecified atom stereocenters. The number of fused-ring (bicyclic) bond motifs is 1. The minimum atomic E-state index is -0.582. The third kappa shape index (κ3) is 6.18. The van der Waals surface area contributed by atoms with Gasteiger partial charge in [-0.2, -0.15) is 0 Å². The van der Waals surface area contributed by atoms with Gasteiger partial charge >= 0.3 is 0 Å². The second-order valence-electron chi connectivity index (χ2n) is 10.8. The number of hydrogen-bond donors (Lipinski definition) is 1. The first-order chi connectivity index (χ1) is 17.5. The van der Waals surface area contributed by atoms with Crippen LogP contribution in [-0.4, -0.2) is 34.8 Å². The van der Waals surface area contributed by atoms with E-state index >= 15 is 0 Å². The maximum atomic E-state index is 14.2. The summed E-state index contributed by atoms with van der Waals surface area (Å²) in [5.41, 5.74) is 2.31. The van der Waals surface area contributed by atoms with Gasteiger partial charge in [-0.15, -0.1) is 0 Å². The Kier molecular flexibility index (Phi) is 7.66. The highest BCUT2D eigenvalue weighted by Crippen LogP contribution is 2.39. The fourth-order valence-corrected chi connectivity index (χ4v) is 4.38. The molecule has 1 N–H and O–H groups in total. The van der Waals surface area contributed by atoms with Gasteiger partial charge in [0.15, 0.2) is 12.3 Å². The first-order valence-electron chi connectivity index (χ1n) is 12.6. The van der Waals surface area contributed by atoms with Gasteiger partial charge in [-0.25, -0.2) is 9.37 Å². The van der Waals surface area contributed by atoms with E-state index < -0.39 is 11.5 Å². The first-order valence-corrected chi connectivity index (χ1v) is 12.6. The average Bonchev–Trinajstić information content (AvgIpc) is 3.33. The van der Waals surface area contributed by atoms with Gasteiger partial charge in [0.2, 0.25) is 11.8 Å². The molecular weight excluding hydrogens is 473 g/mol. The van der Waals surface area contributed by atoms with Crippen LogP contribution in [0.5, 0.6) is 5.75 Å². The van der Waals surface area contributed by atoms with Crippen LogP contribution in [0.15, 0.2) is 53.1 Å². The molecule has 2 aromatic carbocycles. The van der Waals surface area contributed by atoms with Crippen LogP contribution in [-0.2, 0) is 17.8 Å². The molecule has 3 aromatic rings. The van der Waals surface area contributed by atoms with E-state index in [1.54, 1.807) is 6.07 Å². The van der Waals surface area contributed by atoms with E-state index in [0.717, 1.165) is 11.1 Å². The number of hydrogen-bond acceptors (Lipinski definition) is 5. The molecule has 1 aliphatic rings. The number of oxazole rings is 1. The summed E-state index contributed by atoms with van der Waals surface area (Å²) in [5.74, 6) is 0.527. The minimum absolute atomic E-state index is 0.00166. The molecule has 1 aliphatic heterocycles. The molecule has 196 valence electrons. The Morgan fingerprint density at radius 2 is 2.00 bits per heavy atom. The smallest absolute Gasteiger partial charge is 0.273 e. The quantitative estimate of drug-likeness (QED) is 0.469. The van der Waals surface area contributed by atoms with Gasteiger partial charge < -0.3 is 19.4 Å². The summed E-state index contributed by atoms with van der Waals surface area (Å²) in [6.07, 6.45) is 2.01. The second-order valence-corrected chi connectivity index (χ2v) is 10.8. The Bertz CT molecular complexity index is 1280. The number of aromatic nitrogens is 1. The summed E-state index contributed by atoms with van der Waals surface area (Å²) < 4.78 is 25.6. The van der Waals surface area contributed by atoms with Crippen molar-refractivity contribution in [2.45, 2.75) is 53.7 Å². The summed E-state index contributed by atoms with van der Waals surface area (Å²) in [6, 6.07) is 11.7. The molecule has 0 spiro atoms. The Balaban J connectivity index is 1.57. The molecule has 2 heterocycles. The predicted molar refractivity (Wildman–Crippen MR) is 138 cm³/mol. The van der Waals surface area contributed by atoms with E-state index in [2.05, 4.69) is 10.3 Å². The fourth-order valence-electron chi connectivity index (χ4n) is 4.38. The number of carbonyl (C=O) groups is 2. The molecule has 8 heteroatoms. The van der Waals surface area contributed by atoms with Crippen molar-refractivity contribution in [1.29, 1.82) is 0 Å². The highest BCUT2D eigenvalue weighted by Gasteiger charge is 2.37. The predicted octanol–water partition coefficient (Wildman–Crippen LogP) is 5.30. The van der Waals surface area contributed by atoms with E-state index in [0.29, 0.717) is 36.7 Å². The normalized spacial score (nSPS) is 15.4.